The van der Waals surface area contributed by atoms with Crippen molar-refractivity contribution in [3.8, 4) is 5.75 Å². The van der Waals surface area contributed by atoms with Crippen molar-refractivity contribution < 1.29 is 9.94 Å². The van der Waals surface area contributed by atoms with Crippen LogP contribution in [0, 0.1) is 5.41 Å². The van der Waals surface area contributed by atoms with Crippen LogP contribution in [0.25, 0.3) is 0 Å². The quantitative estimate of drug-likeness (QED) is 0.306. The highest BCUT2D eigenvalue weighted by atomic mass is 16.5. The molecule has 0 fully saturated rings. The minimum Gasteiger partial charge on any atom is -0.494 e. The van der Waals surface area contributed by atoms with E-state index in [0.29, 0.717) is 6.61 Å². The molecule has 0 aliphatic carbocycles. The Morgan fingerprint density at radius 3 is 2.84 bits per heavy atom. The van der Waals surface area contributed by atoms with Gasteiger partial charge in [-0.15, -0.1) is 0 Å². The summed E-state index contributed by atoms with van der Waals surface area (Å²) >= 11 is 0. The normalized spacial score (nSPS) is 12.3. The molecule has 4 N–H and O–H groups in total. The van der Waals surface area contributed by atoms with Crippen LogP contribution < -0.4 is 15.8 Å². The standard InChI is InChI=1S/C14H23N3O2/c1-4-19-12-7-5-6-11(10-12)16-9-8-14(2,3)13(15)17-18/h5-7,10,16,18H,4,8-9H2,1-3H3,(H2,15,17). The topological polar surface area (TPSA) is 79.9 Å². The van der Waals surface area contributed by atoms with Gasteiger partial charge in [0.05, 0.1) is 6.61 Å². The van der Waals surface area contributed by atoms with E-state index in [2.05, 4.69) is 10.5 Å². The average Bonchev–Trinajstić information content (AvgIpc) is 2.38. The summed E-state index contributed by atoms with van der Waals surface area (Å²) in [6, 6.07) is 7.82. The Labute approximate surface area is 114 Å². The van der Waals surface area contributed by atoms with Crippen molar-refractivity contribution in [3.05, 3.63) is 24.3 Å². The Hall–Kier alpha value is -1.91. The highest BCUT2D eigenvalue weighted by Crippen LogP contribution is 2.22. The Bertz CT molecular complexity index is 430. The van der Waals surface area contributed by atoms with E-state index in [1.54, 1.807) is 0 Å². The van der Waals surface area contributed by atoms with Gasteiger partial charge >= 0.3 is 0 Å². The molecule has 0 aliphatic heterocycles. The fourth-order valence-electron chi connectivity index (χ4n) is 1.65. The van der Waals surface area contributed by atoms with Crippen LogP contribution in [-0.4, -0.2) is 24.2 Å². The molecule has 0 bridgehead atoms. The summed E-state index contributed by atoms with van der Waals surface area (Å²) in [6.07, 6.45) is 0.766. The van der Waals surface area contributed by atoms with Crippen molar-refractivity contribution in [2.45, 2.75) is 27.2 Å². The van der Waals surface area contributed by atoms with Gasteiger partial charge in [-0.25, -0.2) is 0 Å². The molecule has 0 atom stereocenters. The maximum atomic E-state index is 8.71. The summed E-state index contributed by atoms with van der Waals surface area (Å²) in [6.45, 7) is 7.24. The van der Waals surface area contributed by atoms with Crippen LogP contribution in [0.3, 0.4) is 0 Å². The number of hydrogen-bond acceptors (Lipinski definition) is 4. The first-order chi connectivity index (χ1) is 8.99. The van der Waals surface area contributed by atoms with E-state index < -0.39 is 0 Å². The summed E-state index contributed by atoms with van der Waals surface area (Å²) in [5, 5.41) is 15.1. The van der Waals surface area contributed by atoms with E-state index >= 15 is 0 Å². The van der Waals surface area contributed by atoms with Gasteiger partial charge < -0.3 is 21.0 Å². The average molecular weight is 265 g/mol. The second-order valence-electron chi connectivity index (χ2n) is 5.01. The molecule has 0 unspecified atom stereocenters. The van der Waals surface area contributed by atoms with Gasteiger partial charge in [0.25, 0.3) is 0 Å². The number of amidine groups is 1. The third-order valence-corrected chi connectivity index (χ3v) is 3.03. The largest absolute Gasteiger partial charge is 0.494 e. The van der Waals surface area contributed by atoms with Gasteiger partial charge in [0.1, 0.15) is 11.6 Å². The minimum absolute atomic E-state index is 0.248. The maximum Gasteiger partial charge on any atom is 0.144 e. The van der Waals surface area contributed by atoms with E-state index in [1.165, 1.54) is 0 Å². The SMILES string of the molecule is CCOc1cccc(NCCC(C)(C)C(N)=NO)c1. The second-order valence-corrected chi connectivity index (χ2v) is 5.01. The first kappa shape index (κ1) is 15.1. The number of hydrogen-bond donors (Lipinski definition) is 3. The van der Waals surface area contributed by atoms with Crippen molar-refractivity contribution >= 4 is 11.5 Å². The lowest BCUT2D eigenvalue weighted by atomic mass is 9.88. The number of benzene rings is 1. The van der Waals surface area contributed by atoms with Crippen LogP contribution in [0.2, 0.25) is 0 Å². The Morgan fingerprint density at radius 2 is 2.21 bits per heavy atom. The molecule has 1 aromatic rings. The number of oxime groups is 1. The van der Waals surface area contributed by atoms with Crippen LogP contribution in [0.4, 0.5) is 5.69 Å². The fraction of sp³-hybridized carbons (Fsp3) is 0.500. The van der Waals surface area contributed by atoms with Crippen LogP contribution in [0.5, 0.6) is 5.75 Å². The lowest BCUT2D eigenvalue weighted by Crippen LogP contribution is -2.33. The molecule has 0 spiro atoms. The highest BCUT2D eigenvalue weighted by Gasteiger charge is 2.22. The van der Waals surface area contributed by atoms with E-state index in [0.717, 1.165) is 24.4 Å². The van der Waals surface area contributed by atoms with Crippen molar-refractivity contribution in [3.63, 3.8) is 0 Å². The Kier molecular flexibility index (Phi) is 5.48. The molecule has 5 heteroatoms. The Balaban J connectivity index is 2.51. The van der Waals surface area contributed by atoms with Crippen LogP contribution in [0.1, 0.15) is 27.2 Å². The zero-order valence-corrected chi connectivity index (χ0v) is 11.8. The van der Waals surface area contributed by atoms with E-state index in [-0.39, 0.29) is 11.3 Å². The van der Waals surface area contributed by atoms with Gasteiger partial charge in [0.15, 0.2) is 0 Å². The predicted octanol–water partition coefficient (Wildman–Crippen LogP) is 2.66. The number of anilines is 1. The van der Waals surface area contributed by atoms with Gasteiger partial charge in [0, 0.05) is 23.7 Å². The molecule has 0 amide bonds. The lowest BCUT2D eigenvalue weighted by molar-refractivity contribution is 0.306. The smallest absolute Gasteiger partial charge is 0.144 e. The van der Waals surface area contributed by atoms with Gasteiger partial charge in [-0.05, 0) is 25.5 Å². The van der Waals surface area contributed by atoms with Crippen molar-refractivity contribution in [1.82, 2.24) is 0 Å². The summed E-state index contributed by atoms with van der Waals surface area (Å²) in [7, 11) is 0. The zero-order valence-electron chi connectivity index (χ0n) is 11.8. The molecular weight excluding hydrogens is 242 g/mol. The van der Waals surface area contributed by atoms with Crippen LogP contribution in [0.15, 0.2) is 29.4 Å². The number of nitrogens with one attached hydrogen (secondary N) is 1. The monoisotopic (exact) mass is 265 g/mol. The molecule has 5 nitrogen and oxygen atoms in total. The third kappa shape index (κ3) is 4.69. The molecule has 0 heterocycles. The molecule has 0 saturated heterocycles. The fourth-order valence-corrected chi connectivity index (χ4v) is 1.65. The van der Waals surface area contributed by atoms with E-state index in [1.807, 2.05) is 45.0 Å². The number of rotatable bonds is 7. The summed E-state index contributed by atoms with van der Waals surface area (Å²) < 4.78 is 5.44. The van der Waals surface area contributed by atoms with Gasteiger partial charge in [-0.2, -0.15) is 0 Å². The number of ether oxygens (including phenoxy) is 1. The molecular formula is C14H23N3O2. The minimum atomic E-state index is -0.334. The van der Waals surface area contributed by atoms with Gasteiger partial charge in [-0.1, -0.05) is 25.1 Å². The Morgan fingerprint density at radius 1 is 1.47 bits per heavy atom. The van der Waals surface area contributed by atoms with Crippen molar-refractivity contribution in [1.29, 1.82) is 0 Å². The molecule has 19 heavy (non-hydrogen) atoms. The summed E-state index contributed by atoms with van der Waals surface area (Å²) in [5.41, 5.74) is 6.31. The lowest BCUT2D eigenvalue weighted by Gasteiger charge is -2.23. The predicted molar refractivity (Wildman–Crippen MR) is 77.9 cm³/mol. The number of nitrogens with two attached hydrogens (primary N) is 1. The summed E-state index contributed by atoms with van der Waals surface area (Å²) in [4.78, 5) is 0. The maximum absolute atomic E-state index is 8.71. The molecule has 0 saturated carbocycles. The molecule has 1 aromatic carbocycles. The van der Waals surface area contributed by atoms with E-state index in [4.69, 9.17) is 15.7 Å². The third-order valence-electron chi connectivity index (χ3n) is 3.03. The van der Waals surface area contributed by atoms with Crippen LogP contribution >= 0.6 is 0 Å². The van der Waals surface area contributed by atoms with E-state index in [9.17, 15) is 0 Å². The first-order valence-electron chi connectivity index (χ1n) is 6.44. The molecule has 106 valence electrons. The van der Waals surface area contributed by atoms with Crippen LogP contribution in [-0.2, 0) is 0 Å². The van der Waals surface area contributed by atoms with Gasteiger partial charge in [0.2, 0.25) is 0 Å². The molecule has 0 aromatic heterocycles. The molecule has 0 radical (unpaired) electrons. The molecule has 0 aliphatic rings. The van der Waals surface area contributed by atoms with Crippen molar-refractivity contribution in [2.24, 2.45) is 16.3 Å². The number of nitrogens with zero attached hydrogens (tertiary/aromatic N) is 1. The molecule has 1 rings (SSSR count). The van der Waals surface area contributed by atoms with Gasteiger partial charge in [-0.3, -0.25) is 0 Å². The van der Waals surface area contributed by atoms with Crippen molar-refractivity contribution in [2.75, 3.05) is 18.5 Å². The first-order valence-corrected chi connectivity index (χ1v) is 6.44. The highest BCUT2D eigenvalue weighted by molar-refractivity contribution is 5.85. The summed E-state index contributed by atoms with van der Waals surface area (Å²) in [5.74, 6) is 1.10. The second kappa shape index (κ2) is 6.87. The zero-order chi connectivity index (χ0) is 14.3.